The molecule has 1 amide bonds. The standard InChI is InChI=1S/C8H13NO/c10-8-7-4-2-1-3-6(7)5-9-8/h6-7H,1-5H2,(H,9,10)/t6-,7-/m1/s1. The molecule has 0 unspecified atom stereocenters. The fourth-order valence-electron chi connectivity index (χ4n) is 2.16. The van der Waals surface area contributed by atoms with Gasteiger partial charge in [-0.25, -0.2) is 0 Å². The first-order chi connectivity index (χ1) is 4.88. The average Bonchev–Trinajstić information content (AvgIpc) is 2.34. The van der Waals surface area contributed by atoms with Crippen LogP contribution in [0.1, 0.15) is 25.7 Å². The zero-order valence-corrected chi connectivity index (χ0v) is 6.10. The number of carbonyl (C=O) groups excluding carboxylic acids is 1. The monoisotopic (exact) mass is 139 g/mol. The van der Waals surface area contributed by atoms with Gasteiger partial charge >= 0.3 is 0 Å². The van der Waals surface area contributed by atoms with Gasteiger partial charge in [-0.3, -0.25) is 4.79 Å². The van der Waals surface area contributed by atoms with Crippen molar-refractivity contribution < 1.29 is 4.79 Å². The highest BCUT2D eigenvalue weighted by Crippen LogP contribution is 2.32. The van der Waals surface area contributed by atoms with Gasteiger partial charge in [0.25, 0.3) is 0 Å². The topological polar surface area (TPSA) is 29.1 Å². The van der Waals surface area contributed by atoms with Gasteiger partial charge in [0.2, 0.25) is 5.91 Å². The molecular formula is C8H13NO. The molecule has 2 heteroatoms. The summed E-state index contributed by atoms with van der Waals surface area (Å²) in [5, 5.41) is 2.92. The summed E-state index contributed by atoms with van der Waals surface area (Å²) in [6, 6.07) is 0. The number of nitrogens with one attached hydrogen (secondary N) is 1. The smallest absolute Gasteiger partial charge is 0.223 e. The van der Waals surface area contributed by atoms with Crippen LogP contribution in [-0.2, 0) is 4.79 Å². The number of rotatable bonds is 0. The molecule has 1 saturated carbocycles. The SMILES string of the molecule is O=C1NC[C@H]2CCCC[C@@H]12. The summed E-state index contributed by atoms with van der Waals surface area (Å²) < 4.78 is 0. The van der Waals surface area contributed by atoms with Gasteiger partial charge in [0.1, 0.15) is 0 Å². The van der Waals surface area contributed by atoms with Crippen molar-refractivity contribution in [3.8, 4) is 0 Å². The minimum Gasteiger partial charge on any atom is -0.356 e. The summed E-state index contributed by atoms with van der Waals surface area (Å²) >= 11 is 0. The Balaban J connectivity index is 2.08. The summed E-state index contributed by atoms with van der Waals surface area (Å²) in [5.74, 6) is 1.37. The second kappa shape index (κ2) is 2.26. The van der Waals surface area contributed by atoms with Crippen LogP contribution in [0.4, 0.5) is 0 Å². The normalized spacial score (nSPS) is 39.0. The fraction of sp³-hybridized carbons (Fsp3) is 0.875. The summed E-state index contributed by atoms with van der Waals surface area (Å²) in [4.78, 5) is 11.1. The predicted molar refractivity (Wildman–Crippen MR) is 38.5 cm³/mol. The number of carbonyl (C=O) groups is 1. The van der Waals surface area contributed by atoms with Crippen LogP contribution in [0.5, 0.6) is 0 Å². The number of hydrogen-bond acceptors (Lipinski definition) is 1. The molecule has 0 radical (unpaired) electrons. The van der Waals surface area contributed by atoms with Crippen molar-refractivity contribution in [2.24, 2.45) is 11.8 Å². The Bertz CT molecular complexity index is 155. The van der Waals surface area contributed by atoms with Gasteiger partial charge in [0.05, 0.1) is 0 Å². The van der Waals surface area contributed by atoms with Crippen molar-refractivity contribution in [2.75, 3.05) is 6.54 Å². The lowest BCUT2D eigenvalue weighted by Crippen LogP contribution is -2.21. The molecule has 1 aliphatic heterocycles. The van der Waals surface area contributed by atoms with E-state index in [2.05, 4.69) is 5.32 Å². The highest BCUT2D eigenvalue weighted by Gasteiger charge is 2.35. The fourth-order valence-corrected chi connectivity index (χ4v) is 2.16. The Morgan fingerprint density at radius 3 is 2.90 bits per heavy atom. The predicted octanol–water partition coefficient (Wildman–Crippen LogP) is 0.923. The van der Waals surface area contributed by atoms with Crippen LogP contribution in [0.25, 0.3) is 0 Å². The third kappa shape index (κ3) is 0.825. The van der Waals surface area contributed by atoms with Crippen LogP contribution >= 0.6 is 0 Å². The maximum atomic E-state index is 11.1. The molecule has 0 aromatic rings. The first kappa shape index (κ1) is 6.20. The molecule has 0 bridgehead atoms. The average molecular weight is 139 g/mol. The highest BCUT2D eigenvalue weighted by atomic mass is 16.2. The molecule has 56 valence electrons. The molecule has 0 spiro atoms. The Hall–Kier alpha value is -0.530. The van der Waals surface area contributed by atoms with Gasteiger partial charge in [0, 0.05) is 12.5 Å². The lowest BCUT2D eigenvalue weighted by atomic mass is 9.81. The van der Waals surface area contributed by atoms with Crippen LogP contribution in [0.3, 0.4) is 0 Å². The van der Waals surface area contributed by atoms with Gasteiger partial charge in [-0.2, -0.15) is 0 Å². The van der Waals surface area contributed by atoms with E-state index in [-0.39, 0.29) is 0 Å². The van der Waals surface area contributed by atoms with Gasteiger partial charge in [-0.1, -0.05) is 12.8 Å². The van der Waals surface area contributed by atoms with E-state index in [9.17, 15) is 4.79 Å². The molecule has 2 fully saturated rings. The molecule has 1 saturated heterocycles. The minimum absolute atomic E-state index is 0.310. The van der Waals surface area contributed by atoms with E-state index in [4.69, 9.17) is 0 Å². The third-order valence-corrected chi connectivity index (χ3v) is 2.78. The van der Waals surface area contributed by atoms with E-state index < -0.39 is 0 Å². The summed E-state index contributed by atoms with van der Waals surface area (Å²) in [7, 11) is 0. The van der Waals surface area contributed by atoms with Crippen molar-refractivity contribution in [1.82, 2.24) is 5.32 Å². The molecule has 1 aliphatic carbocycles. The largest absolute Gasteiger partial charge is 0.356 e. The van der Waals surface area contributed by atoms with Gasteiger partial charge < -0.3 is 5.32 Å². The molecule has 1 N–H and O–H groups in total. The first-order valence-electron chi connectivity index (χ1n) is 4.15. The molecule has 2 rings (SSSR count). The molecule has 1 heterocycles. The summed E-state index contributed by atoms with van der Waals surface area (Å²) in [5.41, 5.74) is 0. The van der Waals surface area contributed by atoms with Crippen molar-refractivity contribution in [3.63, 3.8) is 0 Å². The molecular weight excluding hydrogens is 126 g/mol. The van der Waals surface area contributed by atoms with Crippen LogP contribution in [0, 0.1) is 11.8 Å². The number of amides is 1. The Morgan fingerprint density at radius 2 is 2.10 bits per heavy atom. The molecule has 0 aromatic carbocycles. The number of hydrogen-bond donors (Lipinski definition) is 1. The quantitative estimate of drug-likeness (QED) is 0.531. The maximum absolute atomic E-state index is 11.1. The van der Waals surface area contributed by atoms with E-state index in [1.165, 1.54) is 19.3 Å². The third-order valence-electron chi connectivity index (χ3n) is 2.78. The Morgan fingerprint density at radius 1 is 1.30 bits per heavy atom. The van der Waals surface area contributed by atoms with Crippen molar-refractivity contribution in [2.45, 2.75) is 25.7 Å². The highest BCUT2D eigenvalue weighted by molar-refractivity contribution is 5.81. The van der Waals surface area contributed by atoms with Crippen LogP contribution in [-0.4, -0.2) is 12.5 Å². The Labute approximate surface area is 61.0 Å². The van der Waals surface area contributed by atoms with Crippen LogP contribution < -0.4 is 5.32 Å². The van der Waals surface area contributed by atoms with E-state index >= 15 is 0 Å². The van der Waals surface area contributed by atoms with Crippen LogP contribution in [0.15, 0.2) is 0 Å². The molecule has 2 atom stereocenters. The van der Waals surface area contributed by atoms with E-state index in [0.717, 1.165) is 13.0 Å². The van der Waals surface area contributed by atoms with Gasteiger partial charge in [0.15, 0.2) is 0 Å². The van der Waals surface area contributed by atoms with E-state index in [1.54, 1.807) is 0 Å². The van der Waals surface area contributed by atoms with Crippen molar-refractivity contribution >= 4 is 5.91 Å². The van der Waals surface area contributed by atoms with E-state index in [1.807, 2.05) is 0 Å². The molecule has 10 heavy (non-hydrogen) atoms. The minimum atomic E-state index is 0.310. The molecule has 2 aliphatic rings. The van der Waals surface area contributed by atoms with E-state index in [0.29, 0.717) is 17.7 Å². The van der Waals surface area contributed by atoms with Crippen LogP contribution in [0.2, 0.25) is 0 Å². The van der Waals surface area contributed by atoms with Crippen molar-refractivity contribution in [1.29, 1.82) is 0 Å². The van der Waals surface area contributed by atoms with Gasteiger partial charge in [-0.05, 0) is 18.8 Å². The summed E-state index contributed by atoms with van der Waals surface area (Å²) in [6.45, 7) is 0.948. The molecule has 2 nitrogen and oxygen atoms in total. The zero-order valence-electron chi connectivity index (χ0n) is 6.10. The zero-order chi connectivity index (χ0) is 6.97. The second-order valence-electron chi connectivity index (χ2n) is 3.40. The maximum Gasteiger partial charge on any atom is 0.223 e. The second-order valence-corrected chi connectivity index (χ2v) is 3.40. The first-order valence-corrected chi connectivity index (χ1v) is 4.15. The summed E-state index contributed by atoms with van der Waals surface area (Å²) in [6.07, 6.45) is 4.99. The molecule has 0 aromatic heterocycles. The lowest BCUT2D eigenvalue weighted by molar-refractivity contribution is -0.123. The Kier molecular flexibility index (Phi) is 1.40. The lowest BCUT2D eigenvalue weighted by Gasteiger charge is -2.21. The van der Waals surface area contributed by atoms with Crippen molar-refractivity contribution in [3.05, 3.63) is 0 Å². The van der Waals surface area contributed by atoms with Gasteiger partial charge in [-0.15, -0.1) is 0 Å². The number of fused-ring (bicyclic) bond motifs is 1.